The van der Waals surface area contributed by atoms with Crippen LogP contribution in [-0.4, -0.2) is 18.0 Å². The average Bonchev–Trinajstić information content (AvgIpc) is 2.51. The van der Waals surface area contributed by atoms with Crippen LogP contribution in [0.3, 0.4) is 0 Å². The van der Waals surface area contributed by atoms with Crippen LogP contribution in [0.5, 0.6) is 0 Å². The van der Waals surface area contributed by atoms with Crippen molar-refractivity contribution in [3.05, 3.63) is 35.6 Å². The summed E-state index contributed by atoms with van der Waals surface area (Å²) in [5, 5.41) is 0. The van der Waals surface area contributed by atoms with Crippen LogP contribution in [0.25, 0.3) is 0 Å². The van der Waals surface area contributed by atoms with E-state index in [0.717, 1.165) is 31.1 Å². The Morgan fingerprint density at radius 2 is 2.36 bits per heavy atom. The van der Waals surface area contributed by atoms with Gasteiger partial charge in [-0.15, -0.1) is 0 Å². The number of likely N-dealkylation sites (tertiary alicyclic amines) is 1. The number of benzene rings is 1. The summed E-state index contributed by atoms with van der Waals surface area (Å²) in [7, 11) is 0. The van der Waals surface area contributed by atoms with Crippen molar-refractivity contribution in [1.29, 1.82) is 0 Å². The van der Waals surface area contributed by atoms with Crippen LogP contribution in [0, 0.1) is 11.7 Å². The molecule has 76 valence electrons. The maximum absolute atomic E-state index is 12.9. The molecule has 14 heavy (non-hydrogen) atoms. The van der Waals surface area contributed by atoms with Crippen LogP contribution < -0.4 is 0 Å². The Balaban J connectivity index is 1.97. The first-order valence-electron chi connectivity index (χ1n) is 5.21. The predicted octanol–water partition coefficient (Wildman–Crippen LogP) is 2.67. The van der Waals surface area contributed by atoms with Crippen LogP contribution in [0.4, 0.5) is 4.39 Å². The molecule has 0 aliphatic carbocycles. The van der Waals surface area contributed by atoms with Gasteiger partial charge in [0, 0.05) is 13.1 Å². The van der Waals surface area contributed by atoms with Crippen molar-refractivity contribution in [1.82, 2.24) is 4.90 Å². The first-order chi connectivity index (χ1) is 6.74. The minimum absolute atomic E-state index is 0.130. The molecular formula is C12H16FN. The van der Waals surface area contributed by atoms with E-state index in [4.69, 9.17) is 0 Å². The van der Waals surface area contributed by atoms with Gasteiger partial charge >= 0.3 is 0 Å². The van der Waals surface area contributed by atoms with E-state index in [1.165, 1.54) is 12.5 Å². The normalized spacial score (nSPS) is 22.9. The molecule has 1 heterocycles. The third kappa shape index (κ3) is 2.32. The second-order valence-electron chi connectivity index (χ2n) is 4.26. The van der Waals surface area contributed by atoms with E-state index in [0.29, 0.717) is 0 Å². The third-order valence-electron chi connectivity index (χ3n) is 2.80. The van der Waals surface area contributed by atoms with Crippen molar-refractivity contribution in [2.75, 3.05) is 13.1 Å². The Morgan fingerprint density at radius 3 is 3.00 bits per heavy atom. The largest absolute Gasteiger partial charge is 0.299 e. The summed E-state index contributed by atoms with van der Waals surface area (Å²) in [5.41, 5.74) is 1.08. The number of rotatable bonds is 2. The minimum atomic E-state index is -0.130. The molecular weight excluding hydrogens is 176 g/mol. The molecule has 1 atom stereocenters. The molecule has 1 aliphatic rings. The van der Waals surface area contributed by atoms with E-state index >= 15 is 0 Å². The van der Waals surface area contributed by atoms with E-state index in [-0.39, 0.29) is 5.82 Å². The van der Waals surface area contributed by atoms with Crippen LogP contribution in [0.2, 0.25) is 0 Å². The fraction of sp³-hybridized carbons (Fsp3) is 0.500. The van der Waals surface area contributed by atoms with E-state index in [1.54, 1.807) is 12.1 Å². The van der Waals surface area contributed by atoms with Gasteiger partial charge in [-0.2, -0.15) is 0 Å². The number of nitrogens with zero attached hydrogens (tertiary/aromatic N) is 1. The van der Waals surface area contributed by atoms with Gasteiger partial charge in [-0.1, -0.05) is 19.1 Å². The quantitative estimate of drug-likeness (QED) is 0.696. The van der Waals surface area contributed by atoms with Gasteiger partial charge in [0.05, 0.1) is 0 Å². The predicted molar refractivity (Wildman–Crippen MR) is 55.5 cm³/mol. The van der Waals surface area contributed by atoms with Crippen molar-refractivity contribution in [3.8, 4) is 0 Å². The standard InChI is InChI=1S/C12H16FN/c1-10-5-6-14(8-10)9-11-3-2-4-12(13)7-11/h2-4,7,10H,5-6,8-9H2,1H3/i13-1. The fourth-order valence-corrected chi connectivity index (χ4v) is 2.06. The summed E-state index contributed by atoms with van der Waals surface area (Å²) in [6, 6.07) is 6.90. The molecule has 1 unspecified atom stereocenters. The van der Waals surface area contributed by atoms with Crippen molar-refractivity contribution in [2.24, 2.45) is 5.92 Å². The fourth-order valence-electron chi connectivity index (χ4n) is 2.06. The van der Waals surface area contributed by atoms with Crippen LogP contribution in [0.15, 0.2) is 24.3 Å². The molecule has 0 aromatic heterocycles. The highest BCUT2D eigenvalue weighted by atomic mass is 18.2. The maximum Gasteiger partial charge on any atom is 0.123 e. The molecule has 0 amide bonds. The average molecular weight is 192 g/mol. The second-order valence-corrected chi connectivity index (χ2v) is 4.26. The summed E-state index contributed by atoms with van der Waals surface area (Å²) in [5.74, 6) is 0.665. The van der Waals surface area contributed by atoms with Gasteiger partial charge in [0.2, 0.25) is 0 Å². The topological polar surface area (TPSA) is 3.24 Å². The highest BCUT2D eigenvalue weighted by Crippen LogP contribution is 2.17. The van der Waals surface area contributed by atoms with E-state index < -0.39 is 0 Å². The van der Waals surface area contributed by atoms with Gasteiger partial charge in [-0.3, -0.25) is 4.90 Å². The Morgan fingerprint density at radius 1 is 1.50 bits per heavy atom. The van der Waals surface area contributed by atoms with Gasteiger partial charge in [0.1, 0.15) is 5.82 Å². The summed E-state index contributed by atoms with van der Waals surface area (Å²) in [6.45, 7) is 5.46. The molecule has 0 bridgehead atoms. The highest BCUT2D eigenvalue weighted by Gasteiger charge is 2.18. The minimum Gasteiger partial charge on any atom is -0.299 e. The van der Waals surface area contributed by atoms with Crippen LogP contribution >= 0.6 is 0 Å². The highest BCUT2D eigenvalue weighted by molar-refractivity contribution is 5.16. The van der Waals surface area contributed by atoms with Gasteiger partial charge < -0.3 is 0 Å². The summed E-state index contributed by atoms with van der Waals surface area (Å²) in [4.78, 5) is 2.39. The molecule has 1 aromatic rings. The lowest BCUT2D eigenvalue weighted by Gasteiger charge is -2.14. The molecule has 2 rings (SSSR count). The molecule has 2 heteroatoms. The Bertz CT molecular complexity index is 311. The SMILES string of the molecule is CC1CCN(Cc2cccc([18F])c2)C1. The third-order valence-corrected chi connectivity index (χ3v) is 2.80. The first kappa shape index (κ1) is 9.66. The Labute approximate surface area is 84.5 Å². The summed E-state index contributed by atoms with van der Waals surface area (Å²) < 4.78 is 12.9. The summed E-state index contributed by atoms with van der Waals surface area (Å²) >= 11 is 0. The zero-order chi connectivity index (χ0) is 9.97. The molecule has 0 spiro atoms. The smallest absolute Gasteiger partial charge is 0.123 e. The second kappa shape index (κ2) is 4.09. The van der Waals surface area contributed by atoms with Gasteiger partial charge in [-0.25, -0.2) is 4.39 Å². The van der Waals surface area contributed by atoms with E-state index in [1.807, 2.05) is 6.07 Å². The summed E-state index contributed by atoms with van der Waals surface area (Å²) in [6.07, 6.45) is 1.27. The zero-order valence-electron chi connectivity index (χ0n) is 8.54. The number of hydrogen-bond donors (Lipinski definition) is 0. The van der Waals surface area contributed by atoms with E-state index in [2.05, 4.69) is 11.8 Å². The van der Waals surface area contributed by atoms with Crippen molar-refractivity contribution in [2.45, 2.75) is 19.9 Å². The molecule has 0 radical (unpaired) electrons. The van der Waals surface area contributed by atoms with Crippen LogP contribution in [0.1, 0.15) is 18.9 Å². The molecule has 1 fully saturated rings. The van der Waals surface area contributed by atoms with Crippen molar-refractivity contribution >= 4 is 0 Å². The van der Waals surface area contributed by atoms with Crippen molar-refractivity contribution < 1.29 is 4.39 Å². The molecule has 1 nitrogen and oxygen atoms in total. The Hall–Kier alpha value is -0.890. The number of halogens is 1. The molecule has 0 saturated carbocycles. The zero-order valence-corrected chi connectivity index (χ0v) is 8.54. The molecule has 1 saturated heterocycles. The van der Waals surface area contributed by atoms with Gasteiger partial charge in [-0.05, 0) is 36.6 Å². The lowest BCUT2D eigenvalue weighted by atomic mass is 10.2. The van der Waals surface area contributed by atoms with Gasteiger partial charge in [0.25, 0.3) is 0 Å². The Kier molecular flexibility index (Phi) is 2.82. The molecule has 1 aromatic carbocycles. The lowest BCUT2D eigenvalue weighted by Crippen LogP contribution is -2.19. The molecule has 0 N–H and O–H groups in total. The van der Waals surface area contributed by atoms with Gasteiger partial charge in [0.15, 0.2) is 0 Å². The van der Waals surface area contributed by atoms with Crippen LogP contribution in [-0.2, 0) is 6.54 Å². The maximum atomic E-state index is 12.9. The monoisotopic (exact) mass is 192 g/mol. The number of hydrogen-bond acceptors (Lipinski definition) is 1. The van der Waals surface area contributed by atoms with E-state index in [9.17, 15) is 4.39 Å². The molecule has 1 aliphatic heterocycles. The lowest BCUT2D eigenvalue weighted by molar-refractivity contribution is 0.320. The first-order valence-corrected chi connectivity index (χ1v) is 5.21. The van der Waals surface area contributed by atoms with Crippen molar-refractivity contribution in [3.63, 3.8) is 0 Å².